The van der Waals surface area contributed by atoms with Crippen molar-refractivity contribution in [3.8, 4) is 0 Å². The molecule has 2 aromatic rings. The van der Waals surface area contributed by atoms with Crippen LogP contribution in [-0.2, 0) is 22.4 Å². The second-order valence-corrected chi connectivity index (χ2v) is 6.54. The van der Waals surface area contributed by atoms with Gasteiger partial charge in [-0.15, -0.1) is 0 Å². The monoisotopic (exact) mass is 448 g/mol. The fraction of sp³-hybridized carbons (Fsp3) is 0.409. The van der Waals surface area contributed by atoms with Gasteiger partial charge in [-0.3, -0.25) is 4.79 Å². The molecule has 0 saturated carbocycles. The molecule has 31 heavy (non-hydrogen) atoms. The summed E-state index contributed by atoms with van der Waals surface area (Å²) in [6.45, 7) is 6.93. The highest BCUT2D eigenvalue weighted by Crippen LogP contribution is 2.15. The fourth-order valence-corrected chi connectivity index (χ4v) is 2.04. The van der Waals surface area contributed by atoms with Crippen molar-refractivity contribution in [2.45, 2.75) is 53.6 Å². The average molecular weight is 449 g/mol. The van der Waals surface area contributed by atoms with E-state index >= 15 is 0 Å². The number of hydrogen-bond donors (Lipinski definition) is 3. The Bertz CT molecular complexity index is 782. The van der Waals surface area contributed by atoms with Gasteiger partial charge in [-0.1, -0.05) is 38.6 Å². The summed E-state index contributed by atoms with van der Waals surface area (Å²) < 4.78 is 56.1. The Kier molecular flexibility index (Phi) is 17.9. The Morgan fingerprint density at radius 1 is 0.903 bits per heavy atom. The minimum Gasteiger partial charge on any atom is -0.460 e. The molecule has 2 aromatic carbocycles. The zero-order chi connectivity index (χ0) is 23.9. The van der Waals surface area contributed by atoms with Gasteiger partial charge in [0.2, 0.25) is 0 Å². The molecule has 0 aliphatic carbocycles. The van der Waals surface area contributed by atoms with Gasteiger partial charge in [0.15, 0.2) is 23.3 Å². The van der Waals surface area contributed by atoms with Crippen LogP contribution in [0.15, 0.2) is 36.4 Å². The lowest BCUT2D eigenvalue weighted by Gasteiger charge is -2.19. The van der Waals surface area contributed by atoms with E-state index in [-0.39, 0.29) is 19.4 Å². The first kappa shape index (κ1) is 32.8. The van der Waals surface area contributed by atoms with Crippen LogP contribution < -0.4 is 0 Å². The lowest BCUT2D eigenvalue weighted by molar-refractivity contribution is -0.153. The largest absolute Gasteiger partial charge is 0.460 e. The SMILES string of the molecule is C.CC(C)(C)OC(=O)Cc1cccc(F)c1F.CCc1cccc(F)c1F.CO.N=N. The van der Waals surface area contributed by atoms with Crippen LogP contribution in [0.2, 0.25) is 0 Å². The number of aliphatic hydroxyl groups is 1. The van der Waals surface area contributed by atoms with Crippen molar-refractivity contribution in [1.29, 1.82) is 11.1 Å². The van der Waals surface area contributed by atoms with Gasteiger partial charge in [0.05, 0.1) is 6.42 Å². The smallest absolute Gasteiger partial charge is 0.310 e. The summed E-state index contributed by atoms with van der Waals surface area (Å²) in [4.78, 5) is 11.4. The minimum atomic E-state index is -0.992. The van der Waals surface area contributed by atoms with E-state index in [9.17, 15) is 22.4 Å². The van der Waals surface area contributed by atoms with Gasteiger partial charge in [0.1, 0.15) is 5.60 Å². The van der Waals surface area contributed by atoms with Crippen molar-refractivity contribution >= 4 is 5.97 Å². The van der Waals surface area contributed by atoms with Crippen molar-refractivity contribution in [2.75, 3.05) is 7.11 Å². The van der Waals surface area contributed by atoms with Crippen molar-refractivity contribution in [1.82, 2.24) is 0 Å². The first-order valence-corrected chi connectivity index (χ1v) is 8.82. The maximum absolute atomic E-state index is 13.2. The van der Waals surface area contributed by atoms with E-state index in [0.717, 1.165) is 19.2 Å². The molecule has 0 aromatic heterocycles. The molecule has 0 saturated heterocycles. The minimum absolute atomic E-state index is 0. The molecule has 0 spiro atoms. The van der Waals surface area contributed by atoms with Crippen LogP contribution >= 0.6 is 0 Å². The molecule has 0 radical (unpaired) electrons. The molecule has 0 amide bonds. The molecule has 0 heterocycles. The zero-order valence-electron chi connectivity index (χ0n) is 17.7. The van der Waals surface area contributed by atoms with E-state index in [1.54, 1.807) is 33.8 Å². The van der Waals surface area contributed by atoms with Crippen LogP contribution in [0.5, 0.6) is 0 Å². The van der Waals surface area contributed by atoms with Crippen LogP contribution in [0, 0.1) is 34.3 Å². The molecule has 0 aliphatic heterocycles. The molecule has 176 valence electrons. The van der Waals surface area contributed by atoms with E-state index in [1.165, 1.54) is 18.2 Å². The van der Waals surface area contributed by atoms with Crippen molar-refractivity contribution in [3.05, 3.63) is 70.8 Å². The first-order valence-electron chi connectivity index (χ1n) is 8.82. The highest BCUT2D eigenvalue weighted by atomic mass is 19.2. The van der Waals surface area contributed by atoms with Crippen molar-refractivity contribution < 1.29 is 32.2 Å². The molecule has 0 aliphatic rings. The lowest BCUT2D eigenvalue weighted by Crippen LogP contribution is -2.25. The predicted molar refractivity (Wildman–Crippen MR) is 112 cm³/mol. The predicted octanol–water partition coefficient (Wildman–Crippen LogP) is 6.22. The van der Waals surface area contributed by atoms with Crippen LogP contribution in [0.4, 0.5) is 17.6 Å². The Balaban J connectivity index is -0.000000451. The summed E-state index contributed by atoms with van der Waals surface area (Å²) >= 11 is 0. The Morgan fingerprint density at radius 2 is 1.29 bits per heavy atom. The molecule has 3 N–H and O–H groups in total. The molecule has 0 fully saturated rings. The highest BCUT2D eigenvalue weighted by Gasteiger charge is 2.18. The molecule has 2 rings (SSSR count). The Morgan fingerprint density at radius 3 is 1.65 bits per heavy atom. The zero-order valence-corrected chi connectivity index (χ0v) is 17.7. The summed E-state index contributed by atoms with van der Waals surface area (Å²) in [6, 6.07) is 7.94. The van der Waals surface area contributed by atoms with E-state index < -0.39 is 34.8 Å². The summed E-state index contributed by atoms with van der Waals surface area (Å²) in [5.41, 5.74) is 9.81. The standard InChI is InChI=1S/C12H14F2O2.C8H8F2.CH4O.CH4.H2N2/c1-12(2,3)16-10(15)7-8-5-4-6-9(13)11(8)14;1-2-6-4-3-5-7(9)8(6)10;1-2;;1-2/h4-6H,7H2,1-3H3;3-5H,2H2,1H3;2H,1H3;1H4;1-2H. The summed E-state index contributed by atoms with van der Waals surface area (Å²) in [5.74, 6) is -4.00. The molecule has 0 atom stereocenters. The molecule has 0 unspecified atom stereocenters. The molecular formula is C22H32F4N2O3. The first-order chi connectivity index (χ1) is 14.0. The number of carbonyl (C=O) groups is 1. The number of halogens is 4. The highest BCUT2D eigenvalue weighted by molar-refractivity contribution is 5.73. The van der Waals surface area contributed by atoms with Gasteiger partial charge < -0.3 is 9.84 Å². The Labute approximate surface area is 181 Å². The number of carbonyl (C=O) groups excluding carboxylic acids is 1. The van der Waals surface area contributed by atoms with Crippen LogP contribution in [0.25, 0.3) is 0 Å². The number of aryl methyl sites for hydroxylation is 1. The van der Waals surface area contributed by atoms with Crippen LogP contribution in [0.3, 0.4) is 0 Å². The van der Waals surface area contributed by atoms with Crippen molar-refractivity contribution in [2.24, 2.45) is 0 Å². The van der Waals surface area contributed by atoms with E-state index in [4.69, 9.17) is 20.9 Å². The summed E-state index contributed by atoms with van der Waals surface area (Å²) in [5, 5.41) is 7.00. The van der Waals surface area contributed by atoms with Gasteiger partial charge >= 0.3 is 5.97 Å². The maximum Gasteiger partial charge on any atom is 0.310 e. The topological polar surface area (TPSA) is 94.2 Å². The van der Waals surface area contributed by atoms with E-state index in [0.29, 0.717) is 12.0 Å². The van der Waals surface area contributed by atoms with Crippen molar-refractivity contribution in [3.63, 3.8) is 0 Å². The Hall–Kier alpha value is -2.81. The number of aliphatic hydroxyl groups excluding tert-OH is 1. The number of esters is 1. The summed E-state index contributed by atoms with van der Waals surface area (Å²) in [6.07, 6.45) is 0.268. The lowest BCUT2D eigenvalue weighted by atomic mass is 10.1. The van der Waals surface area contributed by atoms with Gasteiger partial charge in [0.25, 0.3) is 0 Å². The third-order valence-electron chi connectivity index (χ3n) is 3.20. The fourth-order valence-electron chi connectivity index (χ4n) is 2.04. The molecule has 9 heteroatoms. The van der Waals surface area contributed by atoms with Crippen LogP contribution in [-0.4, -0.2) is 23.8 Å². The average Bonchev–Trinajstić information content (AvgIpc) is 2.70. The number of hydrogen-bond acceptors (Lipinski definition) is 5. The molecular weight excluding hydrogens is 416 g/mol. The molecule has 0 bridgehead atoms. The van der Waals surface area contributed by atoms with E-state index in [1.807, 2.05) is 0 Å². The second kappa shape index (κ2) is 16.9. The van der Waals surface area contributed by atoms with Gasteiger partial charge in [-0.05, 0) is 44.9 Å². The number of ether oxygens (including phenoxy) is 1. The summed E-state index contributed by atoms with van der Waals surface area (Å²) in [7, 11) is 1.00. The second-order valence-electron chi connectivity index (χ2n) is 6.54. The van der Waals surface area contributed by atoms with Gasteiger partial charge in [-0.25, -0.2) is 28.6 Å². The third-order valence-corrected chi connectivity index (χ3v) is 3.20. The molecule has 5 nitrogen and oxygen atoms in total. The number of benzene rings is 2. The van der Waals surface area contributed by atoms with E-state index in [2.05, 4.69) is 0 Å². The number of nitrogens with one attached hydrogen (secondary N) is 2. The number of rotatable bonds is 3. The van der Waals surface area contributed by atoms with Gasteiger partial charge in [-0.2, -0.15) is 0 Å². The quantitative estimate of drug-likeness (QED) is 0.296. The normalized spacial score (nSPS) is 9.35. The van der Waals surface area contributed by atoms with Gasteiger partial charge in [0, 0.05) is 12.7 Å². The third kappa shape index (κ3) is 13.2. The maximum atomic E-state index is 13.2. The van der Waals surface area contributed by atoms with Crippen LogP contribution in [0.1, 0.15) is 46.2 Å².